The molecule has 2 fully saturated rings. The zero-order valence-corrected chi connectivity index (χ0v) is 17.4. The van der Waals surface area contributed by atoms with E-state index in [0.717, 1.165) is 38.6 Å². The van der Waals surface area contributed by atoms with E-state index >= 15 is 0 Å². The fraction of sp³-hybridized carbons (Fsp3) is 0.900. The lowest BCUT2D eigenvalue weighted by molar-refractivity contribution is 0.0914. The number of piperazine rings is 1. The van der Waals surface area contributed by atoms with Gasteiger partial charge in [0, 0.05) is 39.3 Å². The third-order valence-corrected chi connectivity index (χ3v) is 5.28. The molecule has 2 rings (SSSR count). The molecule has 0 unspecified atom stereocenters. The molecule has 0 aliphatic carbocycles. The number of hydrogen-bond acceptors (Lipinski definition) is 4. The van der Waals surface area contributed by atoms with Gasteiger partial charge in [-0.15, -0.1) is 0 Å². The Hall–Kier alpha value is -1.50. The predicted molar refractivity (Wildman–Crippen MR) is 110 cm³/mol. The molecule has 0 bridgehead atoms. The molecule has 0 radical (unpaired) electrons. The van der Waals surface area contributed by atoms with E-state index in [1.165, 1.54) is 51.7 Å². The van der Waals surface area contributed by atoms with Gasteiger partial charge in [-0.3, -0.25) is 4.99 Å². The van der Waals surface area contributed by atoms with Crippen LogP contribution in [0.2, 0.25) is 0 Å². The highest BCUT2D eigenvalue weighted by Gasteiger charge is 2.23. The molecule has 2 aliphatic heterocycles. The number of unbranched alkanes of at least 4 members (excludes halogenated alkanes) is 2. The Morgan fingerprint density at radius 3 is 2.30 bits per heavy atom. The Balaban J connectivity index is 1.65. The molecule has 7 heteroatoms. The number of nitrogens with zero attached hydrogens (tertiary/aromatic N) is 4. The Morgan fingerprint density at radius 2 is 1.63 bits per heavy atom. The van der Waals surface area contributed by atoms with Gasteiger partial charge < -0.3 is 24.8 Å². The van der Waals surface area contributed by atoms with Crippen molar-refractivity contribution in [3.05, 3.63) is 0 Å². The van der Waals surface area contributed by atoms with E-state index in [0.29, 0.717) is 19.7 Å². The summed E-state index contributed by atoms with van der Waals surface area (Å²) in [5, 5.41) is 3.40. The summed E-state index contributed by atoms with van der Waals surface area (Å²) < 4.78 is 5.09. The van der Waals surface area contributed by atoms with Crippen LogP contribution in [0.25, 0.3) is 0 Å². The number of ether oxygens (including phenoxy) is 1. The van der Waals surface area contributed by atoms with Gasteiger partial charge in [-0.2, -0.15) is 0 Å². The summed E-state index contributed by atoms with van der Waals surface area (Å²) in [6.45, 7) is 12.9. The number of hydrogen-bond donors (Lipinski definition) is 1. The molecule has 7 nitrogen and oxygen atoms in total. The second-order valence-corrected chi connectivity index (χ2v) is 7.37. The van der Waals surface area contributed by atoms with Crippen LogP contribution in [0, 0.1) is 0 Å². The van der Waals surface area contributed by atoms with E-state index in [2.05, 4.69) is 22.0 Å². The number of carbonyl (C=O) groups is 1. The zero-order valence-electron chi connectivity index (χ0n) is 17.4. The maximum Gasteiger partial charge on any atom is 0.409 e. The molecule has 156 valence electrons. The first-order valence-corrected chi connectivity index (χ1v) is 10.9. The summed E-state index contributed by atoms with van der Waals surface area (Å²) in [4.78, 5) is 23.3. The first-order valence-electron chi connectivity index (χ1n) is 10.9. The summed E-state index contributed by atoms with van der Waals surface area (Å²) in [6.07, 6.45) is 7.63. The maximum atomic E-state index is 11.8. The first-order chi connectivity index (χ1) is 13.2. The van der Waals surface area contributed by atoms with Crippen molar-refractivity contribution in [1.82, 2.24) is 20.0 Å². The fourth-order valence-electron chi connectivity index (χ4n) is 3.73. The normalized spacial score (nSPS) is 19.3. The molecule has 0 saturated carbocycles. The summed E-state index contributed by atoms with van der Waals surface area (Å²) in [5.41, 5.74) is 0. The second kappa shape index (κ2) is 12.8. The maximum absolute atomic E-state index is 11.8. The highest BCUT2D eigenvalue weighted by molar-refractivity contribution is 5.80. The minimum absolute atomic E-state index is 0.201. The zero-order chi connectivity index (χ0) is 19.3. The number of piperidine rings is 1. The van der Waals surface area contributed by atoms with Crippen LogP contribution in [0.3, 0.4) is 0 Å². The quantitative estimate of drug-likeness (QED) is 0.397. The molecule has 0 aromatic carbocycles. The summed E-state index contributed by atoms with van der Waals surface area (Å²) >= 11 is 0. The molecule has 1 N–H and O–H groups in total. The van der Waals surface area contributed by atoms with Crippen molar-refractivity contribution in [1.29, 1.82) is 0 Å². The topological polar surface area (TPSA) is 60.4 Å². The molecule has 2 heterocycles. The van der Waals surface area contributed by atoms with Gasteiger partial charge in [-0.1, -0.05) is 12.8 Å². The Bertz CT molecular complexity index is 444. The Kier molecular flexibility index (Phi) is 10.3. The van der Waals surface area contributed by atoms with Crippen molar-refractivity contribution in [3.63, 3.8) is 0 Å². The van der Waals surface area contributed by atoms with E-state index in [-0.39, 0.29) is 6.09 Å². The van der Waals surface area contributed by atoms with Crippen molar-refractivity contribution < 1.29 is 9.53 Å². The van der Waals surface area contributed by atoms with E-state index in [1.807, 2.05) is 6.92 Å². The van der Waals surface area contributed by atoms with Gasteiger partial charge >= 0.3 is 6.09 Å². The molecule has 0 aromatic heterocycles. The molecule has 2 aliphatic rings. The largest absolute Gasteiger partial charge is 0.450 e. The van der Waals surface area contributed by atoms with Crippen molar-refractivity contribution in [2.75, 3.05) is 65.5 Å². The number of nitrogens with one attached hydrogen (secondary N) is 1. The Labute approximate surface area is 165 Å². The highest BCUT2D eigenvalue weighted by Crippen LogP contribution is 2.10. The summed E-state index contributed by atoms with van der Waals surface area (Å²) in [5.74, 6) is 0.983. The lowest BCUT2D eigenvalue weighted by Crippen LogP contribution is -2.53. The molecule has 0 aromatic rings. The van der Waals surface area contributed by atoms with Gasteiger partial charge in [0.05, 0.1) is 6.61 Å². The number of aliphatic imine (C=N–C) groups is 1. The Morgan fingerprint density at radius 1 is 0.926 bits per heavy atom. The molecular formula is C20H39N5O2. The van der Waals surface area contributed by atoms with Crippen LogP contribution in [0.5, 0.6) is 0 Å². The van der Waals surface area contributed by atoms with Crippen molar-refractivity contribution in [2.45, 2.75) is 52.4 Å². The highest BCUT2D eigenvalue weighted by atomic mass is 16.6. The smallest absolute Gasteiger partial charge is 0.409 e. The van der Waals surface area contributed by atoms with E-state index in [4.69, 9.17) is 9.73 Å². The van der Waals surface area contributed by atoms with E-state index in [9.17, 15) is 4.79 Å². The number of guanidine groups is 1. The third kappa shape index (κ3) is 7.95. The van der Waals surface area contributed by atoms with Gasteiger partial charge in [0.25, 0.3) is 0 Å². The van der Waals surface area contributed by atoms with Gasteiger partial charge in [0.2, 0.25) is 0 Å². The van der Waals surface area contributed by atoms with Gasteiger partial charge in [0.1, 0.15) is 0 Å². The van der Waals surface area contributed by atoms with E-state index in [1.54, 1.807) is 4.90 Å². The van der Waals surface area contributed by atoms with Crippen LogP contribution in [0.1, 0.15) is 52.4 Å². The number of carbonyl (C=O) groups excluding carboxylic acids is 1. The van der Waals surface area contributed by atoms with Crippen LogP contribution >= 0.6 is 0 Å². The average Bonchev–Trinajstić information content (AvgIpc) is 2.71. The van der Waals surface area contributed by atoms with Crippen LogP contribution in [0.4, 0.5) is 4.79 Å². The van der Waals surface area contributed by atoms with Gasteiger partial charge in [-0.05, 0) is 59.2 Å². The van der Waals surface area contributed by atoms with Crippen LogP contribution < -0.4 is 5.32 Å². The minimum atomic E-state index is -0.201. The monoisotopic (exact) mass is 381 g/mol. The lowest BCUT2D eigenvalue weighted by atomic mass is 10.1. The average molecular weight is 382 g/mol. The summed E-state index contributed by atoms with van der Waals surface area (Å²) in [6, 6.07) is 0. The predicted octanol–water partition coefficient (Wildman–Crippen LogP) is 2.38. The molecule has 27 heavy (non-hydrogen) atoms. The van der Waals surface area contributed by atoms with Crippen molar-refractivity contribution in [2.24, 2.45) is 4.99 Å². The van der Waals surface area contributed by atoms with Crippen LogP contribution in [-0.4, -0.2) is 92.3 Å². The van der Waals surface area contributed by atoms with Gasteiger partial charge in [-0.25, -0.2) is 4.79 Å². The fourth-order valence-corrected chi connectivity index (χ4v) is 3.73. The lowest BCUT2D eigenvalue weighted by Gasteiger charge is -2.35. The molecule has 1 amide bonds. The number of rotatable bonds is 8. The molecule has 2 saturated heterocycles. The first kappa shape index (κ1) is 21.8. The molecule has 0 spiro atoms. The SMILES string of the molecule is CCNC(=NCCCCCN1CCCCC1)N1CCN(C(=O)OCC)CC1. The van der Waals surface area contributed by atoms with Crippen LogP contribution in [-0.2, 0) is 4.74 Å². The number of amides is 1. The van der Waals surface area contributed by atoms with Gasteiger partial charge in [0.15, 0.2) is 5.96 Å². The van der Waals surface area contributed by atoms with Crippen molar-refractivity contribution in [3.8, 4) is 0 Å². The standard InChI is InChI=1S/C20H39N5O2/c1-3-21-19(24-15-17-25(18-16-24)20(26)27-4-2)22-11-7-5-8-12-23-13-9-6-10-14-23/h3-18H2,1-2H3,(H,21,22). The summed E-state index contributed by atoms with van der Waals surface area (Å²) in [7, 11) is 0. The number of likely N-dealkylation sites (tertiary alicyclic amines) is 1. The molecular weight excluding hydrogens is 342 g/mol. The minimum Gasteiger partial charge on any atom is -0.450 e. The molecule has 0 atom stereocenters. The third-order valence-electron chi connectivity index (χ3n) is 5.28. The van der Waals surface area contributed by atoms with Crippen molar-refractivity contribution >= 4 is 12.1 Å². The second-order valence-electron chi connectivity index (χ2n) is 7.37. The van der Waals surface area contributed by atoms with E-state index < -0.39 is 0 Å². The van der Waals surface area contributed by atoms with Crippen LogP contribution in [0.15, 0.2) is 4.99 Å².